The first-order valence-electron chi connectivity index (χ1n) is 9.54. The van der Waals surface area contributed by atoms with Crippen LogP contribution in [0.3, 0.4) is 0 Å². The van der Waals surface area contributed by atoms with Crippen LogP contribution in [0.25, 0.3) is 0 Å². The first-order chi connectivity index (χ1) is 12.1. The maximum Gasteiger partial charge on any atom is 0.261 e. The molecule has 6 heteroatoms. The number of nitrogens with zero attached hydrogens (tertiary/aromatic N) is 2. The summed E-state index contributed by atoms with van der Waals surface area (Å²) in [6.45, 7) is 7.41. The molecule has 2 saturated heterocycles. The Hall–Kier alpha value is -0.950. The van der Waals surface area contributed by atoms with E-state index in [1.165, 1.54) is 17.7 Å². The Labute approximate surface area is 154 Å². The summed E-state index contributed by atoms with van der Waals surface area (Å²) in [6.07, 6.45) is 4.89. The maximum absolute atomic E-state index is 12.5. The minimum absolute atomic E-state index is 0.0823. The molecule has 1 saturated carbocycles. The van der Waals surface area contributed by atoms with Crippen LogP contribution in [0, 0.1) is 5.41 Å². The molecule has 3 fully saturated rings. The van der Waals surface area contributed by atoms with Crippen LogP contribution in [0.1, 0.15) is 46.3 Å². The molecule has 0 spiro atoms. The van der Waals surface area contributed by atoms with Gasteiger partial charge in [-0.05, 0) is 44.9 Å². The fraction of sp³-hybridized carbons (Fsp3) is 0.737. The number of likely N-dealkylation sites (N-methyl/N-ethyl adjacent to an activating group) is 1. The van der Waals surface area contributed by atoms with Crippen LogP contribution < -0.4 is 5.32 Å². The van der Waals surface area contributed by atoms with Gasteiger partial charge in [-0.1, -0.05) is 0 Å². The molecule has 1 aromatic rings. The third-order valence-electron chi connectivity index (χ3n) is 5.83. The number of carbonyl (C=O) groups is 1. The first kappa shape index (κ1) is 17.5. The maximum atomic E-state index is 12.5. The summed E-state index contributed by atoms with van der Waals surface area (Å²) in [7, 11) is 2.19. The highest BCUT2D eigenvalue weighted by molar-refractivity contribution is 7.14. The van der Waals surface area contributed by atoms with Crippen LogP contribution in [0.15, 0.2) is 12.1 Å². The SMILES string of the molecule is CN1CCN(CC2(CNC(=O)c3ccc(C4CCCO4)s3)CC2)CC1. The van der Waals surface area contributed by atoms with Gasteiger partial charge in [0.2, 0.25) is 0 Å². The Morgan fingerprint density at radius 2 is 2.12 bits per heavy atom. The van der Waals surface area contributed by atoms with Crippen LogP contribution in [-0.2, 0) is 4.74 Å². The molecule has 1 amide bonds. The van der Waals surface area contributed by atoms with E-state index in [1.54, 1.807) is 11.3 Å². The average Bonchev–Trinajstić information content (AvgIpc) is 3.05. The molecule has 2 aliphatic heterocycles. The van der Waals surface area contributed by atoms with Crippen molar-refractivity contribution >= 4 is 17.2 Å². The number of hydrogen-bond acceptors (Lipinski definition) is 5. The van der Waals surface area contributed by atoms with E-state index >= 15 is 0 Å². The second-order valence-corrected chi connectivity index (χ2v) is 9.08. The van der Waals surface area contributed by atoms with Gasteiger partial charge in [-0.3, -0.25) is 4.79 Å². The van der Waals surface area contributed by atoms with Crippen molar-refractivity contribution < 1.29 is 9.53 Å². The van der Waals surface area contributed by atoms with E-state index < -0.39 is 0 Å². The van der Waals surface area contributed by atoms with Gasteiger partial charge >= 0.3 is 0 Å². The van der Waals surface area contributed by atoms with Crippen molar-refractivity contribution in [2.75, 3.05) is 52.9 Å². The molecule has 1 atom stereocenters. The number of thiophene rings is 1. The van der Waals surface area contributed by atoms with E-state index in [4.69, 9.17) is 4.74 Å². The van der Waals surface area contributed by atoms with Gasteiger partial charge < -0.3 is 19.9 Å². The number of piperazine rings is 1. The van der Waals surface area contributed by atoms with Gasteiger partial charge in [-0.25, -0.2) is 0 Å². The van der Waals surface area contributed by atoms with Gasteiger partial charge in [-0.2, -0.15) is 0 Å². The summed E-state index contributed by atoms with van der Waals surface area (Å²) in [5.74, 6) is 0.0823. The second kappa shape index (κ2) is 7.35. The highest BCUT2D eigenvalue weighted by Crippen LogP contribution is 2.45. The Bertz CT molecular complexity index is 600. The van der Waals surface area contributed by atoms with Gasteiger partial charge in [-0.15, -0.1) is 11.3 Å². The minimum atomic E-state index is 0.0823. The molecular formula is C19H29N3O2S. The summed E-state index contributed by atoms with van der Waals surface area (Å²) < 4.78 is 5.72. The van der Waals surface area contributed by atoms with Crippen molar-refractivity contribution in [1.29, 1.82) is 0 Å². The molecule has 1 aromatic heterocycles. The Morgan fingerprint density at radius 1 is 1.32 bits per heavy atom. The van der Waals surface area contributed by atoms with Crippen molar-refractivity contribution in [2.24, 2.45) is 5.41 Å². The van der Waals surface area contributed by atoms with Gasteiger partial charge in [0.1, 0.15) is 0 Å². The Balaban J connectivity index is 1.27. The van der Waals surface area contributed by atoms with Crippen LogP contribution in [-0.4, -0.2) is 68.6 Å². The normalized spacial score (nSPS) is 26.7. The molecule has 1 N–H and O–H groups in total. The number of amides is 1. The lowest BCUT2D eigenvalue weighted by Crippen LogP contribution is -2.47. The van der Waals surface area contributed by atoms with Gasteiger partial charge in [0.25, 0.3) is 5.91 Å². The standard InChI is InChI=1S/C19H29N3O2S/c1-21-8-10-22(11-9-21)14-19(6-7-19)13-20-18(23)17-5-4-16(25-17)15-3-2-12-24-15/h4-5,15H,2-3,6-14H2,1H3,(H,20,23). The summed E-state index contributed by atoms with van der Waals surface area (Å²) in [6, 6.07) is 4.02. The van der Waals surface area contributed by atoms with Crippen molar-refractivity contribution in [2.45, 2.75) is 31.8 Å². The van der Waals surface area contributed by atoms with Crippen LogP contribution in [0.2, 0.25) is 0 Å². The lowest BCUT2D eigenvalue weighted by Gasteiger charge is -2.34. The van der Waals surface area contributed by atoms with Crippen molar-refractivity contribution in [1.82, 2.24) is 15.1 Å². The largest absolute Gasteiger partial charge is 0.373 e. The second-order valence-electron chi connectivity index (χ2n) is 7.97. The van der Waals surface area contributed by atoms with E-state index in [0.29, 0.717) is 5.41 Å². The zero-order chi connectivity index (χ0) is 17.3. The summed E-state index contributed by atoms with van der Waals surface area (Å²) in [5.41, 5.74) is 0.320. The molecule has 4 rings (SSSR count). The predicted molar refractivity (Wildman–Crippen MR) is 100 cm³/mol. The smallest absolute Gasteiger partial charge is 0.261 e. The molecule has 5 nitrogen and oxygen atoms in total. The molecule has 25 heavy (non-hydrogen) atoms. The number of nitrogens with one attached hydrogen (secondary N) is 1. The van der Waals surface area contributed by atoms with Crippen LogP contribution in [0.4, 0.5) is 0 Å². The molecule has 3 heterocycles. The van der Waals surface area contributed by atoms with Crippen LogP contribution >= 0.6 is 11.3 Å². The molecule has 1 aliphatic carbocycles. The van der Waals surface area contributed by atoms with E-state index in [9.17, 15) is 4.79 Å². The number of rotatable bonds is 6. The van der Waals surface area contributed by atoms with E-state index in [1.807, 2.05) is 6.07 Å². The molecule has 0 bridgehead atoms. The number of hydrogen-bond donors (Lipinski definition) is 1. The first-order valence-corrected chi connectivity index (χ1v) is 10.4. The monoisotopic (exact) mass is 363 g/mol. The molecule has 0 aromatic carbocycles. The highest BCUT2D eigenvalue weighted by atomic mass is 32.1. The van der Waals surface area contributed by atoms with Gasteiger partial charge in [0, 0.05) is 56.2 Å². The van der Waals surface area contributed by atoms with E-state index in [2.05, 4.69) is 28.2 Å². The topological polar surface area (TPSA) is 44.8 Å². The molecule has 0 radical (unpaired) electrons. The third-order valence-corrected chi connectivity index (χ3v) is 7.01. The average molecular weight is 364 g/mol. The minimum Gasteiger partial charge on any atom is -0.373 e. The van der Waals surface area contributed by atoms with E-state index in [-0.39, 0.29) is 12.0 Å². The Morgan fingerprint density at radius 3 is 2.80 bits per heavy atom. The lowest BCUT2D eigenvalue weighted by atomic mass is 10.1. The fourth-order valence-electron chi connectivity index (χ4n) is 3.85. The zero-order valence-electron chi connectivity index (χ0n) is 15.1. The highest BCUT2D eigenvalue weighted by Gasteiger charge is 2.44. The molecular weight excluding hydrogens is 334 g/mol. The van der Waals surface area contributed by atoms with Gasteiger partial charge in [0.05, 0.1) is 11.0 Å². The number of carbonyl (C=O) groups excluding carboxylic acids is 1. The summed E-state index contributed by atoms with van der Waals surface area (Å²) in [4.78, 5) is 19.5. The molecule has 3 aliphatic rings. The molecule has 1 unspecified atom stereocenters. The van der Waals surface area contributed by atoms with E-state index in [0.717, 1.165) is 63.6 Å². The summed E-state index contributed by atoms with van der Waals surface area (Å²) >= 11 is 1.59. The summed E-state index contributed by atoms with van der Waals surface area (Å²) in [5, 5.41) is 3.20. The number of ether oxygens (including phenoxy) is 1. The van der Waals surface area contributed by atoms with Gasteiger partial charge in [0.15, 0.2) is 0 Å². The van der Waals surface area contributed by atoms with Crippen molar-refractivity contribution in [3.05, 3.63) is 21.9 Å². The lowest BCUT2D eigenvalue weighted by molar-refractivity contribution is 0.0931. The van der Waals surface area contributed by atoms with Crippen molar-refractivity contribution in [3.8, 4) is 0 Å². The molecule has 138 valence electrons. The predicted octanol–water partition coefficient (Wildman–Crippen LogP) is 2.36. The van der Waals surface area contributed by atoms with Crippen LogP contribution in [0.5, 0.6) is 0 Å². The third kappa shape index (κ3) is 4.25. The Kier molecular flexibility index (Phi) is 5.13. The zero-order valence-corrected chi connectivity index (χ0v) is 15.9. The fourth-order valence-corrected chi connectivity index (χ4v) is 4.86. The van der Waals surface area contributed by atoms with Crippen molar-refractivity contribution in [3.63, 3.8) is 0 Å². The quantitative estimate of drug-likeness (QED) is 0.843.